The largest absolute Gasteiger partial charge is 0.377 e. The van der Waals surface area contributed by atoms with E-state index in [1.54, 1.807) is 16.9 Å². The molecule has 3 aliphatic heterocycles. The van der Waals surface area contributed by atoms with Gasteiger partial charge in [0.05, 0.1) is 48.7 Å². The third-order valence-corrected chi connectivity index (χ3v) is 7.36. The molecule has 6 rings (SSSR count). The molecular weight excluding hydrogens is 458 g/mol. The van der Waals surface area contributed by atoms with Gasteiger partial charge in [0.25, 0.3) is 0 Å². The van der Waals surface area contributed by atoms with E-state index < -0.39 is 12.7 Å². The van der Waals surface area contributed by atoms with Gasteiger partial charge < -0.3 is 19.3 Å². The number of nitrogens with zero attached hydrogens (tertiary/aromatic N) is 7. The molecule has 2 bridgehead atoms. The number of aromatic amines is 1. The number of hydrogen-bond donors (Lipinski definition) is 1. The van der Waals surface area contributed by atoms with Gasteiger partial charge in [-0.3, -0.25) is 5.10 Å². The molecule has 184 valence electrons. The monoisotopic (exact) mass is 484 g/mol. The molecule has 3 aromatic heterocycles. The van der Waals surface area contributed by atoms with Crippen LogP contribution in [0.25, 0.3) is 16.9 Å². The summed E-state index contributed by atoms with van der Waals surface area (Å²) in [5.74, 6) is 1.42. The predicted octanol–water partition coefficient (Wildman–Crippen LogP) is 2.98. The van der Waals surface area contributed by atoms with Gasteiger partial charge in [-0.2, -0.15) is 28.9 Å². The fourth-order valence-electron chi connectivity index (χ4n) is 5.81. The van der Waals surface area contributed by atoms with Crippen LogP contribution in [0.15, 0.2) is 18.3 Å². The summed E-state index contributed by atoms with van der Waals surface area (Å²) >= 11 is 0. The Labute approximate surface area is 200 Å². The molecule has 3 aliphatic rings. The molecule has 0 radical (unpaired) electrons. The van der Waals surface area contributed by atoms with Gasteiger partial charge in [-0.05, 0) is 32.6 Å². The molecule has 4 atom stereocenters. The van der Waals surface area contributed by atoms with Gasteiger partial charge in [0.1, 0.15) is 11.9 Å². The van der Waals surface area contributed by atoms with Gasteiger partial charge in [-0.1, -0.05) is 0 Å². The van der Waals surface area contributed by atoms with Crippen molar-refractivity contribution < 1.29 is 18.3 Å². The van der Waals surface area contributed by atoms with Crippen LogP contribution < -0.4 is 9.80 Å². The number of nitrogens with one attached hydrogen (secondary N) is 1. The minimum atomic E-state index is -2.78. The fraction of sp³-hybridized carbons (Fsp3) is 0.565. The molecule has 0 amide bonds. The van der Waals surface area contributed by atoms with Crippen molar-refractivity contribution in [3.05, 3.63) is 24.0 Å². The van der Waals surface area contributed by atoms with E-state index in [9.17, 15) is 14.0 Å². The number of halogens is 2. The number of H-pyrrole nitrogens is 1. The summed E-state index contributed by atoms with van der Waals surface area (Å²) in [5, 5.41) is 22.1. The Balaban J connectivity index is 1.49. The number of piperidine rings is 1. The Bertz CT molecular complexity index is 1240. The number of pyridine rings is 1. The maximum absolute atomic E-state index is 12.8. The van der Waals surface area contributed by atoms with Crippen molar-refractivity contribution >= 4 is 22.5 Å². The number of alkyl halides is 2. The van der Waals surface area contributed by atoms with Crippen LogP contribution in [0.3, 0.4) is 0 Å². The van der Waals surface area contributed by atoms with Crippen molar-refractivity contribution in [1.82, 2.24) is 25.0 Å². The van der Waals surface area contributed by atoms with Gasteiger partial charge >= 0.3 is 6.61 Å². The normalized spacial score (nSPS) is 26.6. The molecule has 6 heterocycles. The molecular formula is C23H26F2N8O2. The molecule has 3 unspecified atom stereocenters. The number of fused-ring (bicyclic) bond motifs is 3. The number of rotatable bonds is 5. The zero-order valence-corrected chi connectivity index (χ0v) is 19.3. The third kappa shape index (κ3) is 3.79. The fourth-order valence-corrected chi connectivity index (χ4v) is 5.81. The summed E-state index contributed by atoms with van der Waals surface area (Å²) in [5.41, 5.74) is 1.65. The standard InChI is InChI=1S/C23H26F2N8O2/c1-13-8-16(35-23(24)25)5-7-31(13)18-9-20(32-14-2-3-15(32)12-34-11-14)28-22-21(18)17(10-26)30-33(22)19-4-6-27-29-19/h4,6,9,13-16,23H,2-3,5,7-8,11-12H2,1H3,(H,27,29)/t13-,14?,15?,16?/m1/s1. The summed E-state index contributed by atoms with van der Waals surface area (Å²) in [6, 6.07) is 6.44. The van der Waals surface area contributed by atoms with E-state index >= 15 is 0 Å². The molecule has 0 spiro atoms. The molecule has 3 fully saturated rings. The van der Waals surface area contributed by atoms with Crippen LogP contribution in [0.1, 0.15) is 38.3 Å². The summed E-state index contributed by atoms with van der Waals surface area (Å²) in [4.78, 5) is 9.52. The Morgan fingerprint density at radius 1 is 1.26 bits per heavy atom. The van der Waals surface area contributed by atoms with Crippen molar-refractivity contribution in [3.63, 3.8) is 0 Å². The van der Waals surface area contributed by atoms with Crippen molar-refractivity contribution in [2.75, 3.05) is 29.6 Å². The van der Waals surface area contributed by atoms with Gasteiger partial charge in [0, 0.05) is 24.7 Å². The average molecular weight is 485 g/mol. The predicted molar refractivity (Wildman–Crippen MR) is 123 cm³/mol. The SMILES string of the molecule is C[C@@H]1CC(OC(F)F)CCN1c1cc(N2C3CCC2COC3)nc2c1c(C#N)nn2-c1ccn[nH]1. The smallest absolute Gasteiger partial charge is 0.345 e. The number of anilines is 2. The number of ether oxygens (including phenoxy) is 2. The lowest BCUT2D eigenvalue weighted by molar-refractivity contribution is -0.168. The molecule has 3 aromatic rings. The Morgan fingerprint density at radius 2 is 2.06 bits per heavy atom. The molecule has 3 saturated heterocycles. The summed E-state index contributed by atoms with van der Waals surface area (Å²) in [6.07, 6.45) is 4.12. The lowest BCUT2D eigenvalue weighted by atomic mass is 9.99. The average Bonchev–Trinajstić information content (AvgIpc) is 3.54. The van der Waals surface area contributed by atoms with Crippen molar-refractivity contribution in [2.24, 2.45) is 0 Å². The maximum atomic E-state index is 12.8. The molecule has 0 aliphatic carbocycles. The zero-order valence-electron chi connectivity index (χ0n) is 19.3. The van der Waals surface area contributed by atoms with E-state index in [1.807, 2.05) is 13.0 Å². The first-order valence-electron chi connectivity index (χ1n) is 11.9. The summed E-state index contributed by atoms with van der Waals surface area (Å²) in [7, 11) is 0. The second-order valence-corrected chi connectivity index (χ2v) is 9.43. The summed E-state index contributed by atoms with van der Waals surface area (Å²) in [6.45, 7) is 1.04. The van der Waals surface area contributed by atoms with Gasteiger partial charge in [0.15, 0.2) is 17.2 Å². The van der Waals surface area contributed by atoms with Crippen LogP contribution in [0, 0.1) is 11.3 Å². The first-order chi connectivity index (χ1) is 17.0. The number of hydrogen-bond acceptors (Lipinski definition) is 8. The zero-order chi connectivity index (χ0) is 24.1. The van der Waals surface area contributed by atoms with Gasteiger partial charge in [0.2, 0.25) is 0 Å². The molecule has 35 heavy (non-hydrogen) atoms. The van der Waals surface area contributed by atoms with E-state index in [4.69, 9.17) is 14.5 Å². The van der Waals surface area contributed by atoms with Crippen molar-refractivity contribution in [3.8, 4) is 11.9 Å². The Morgan fingerprint density at radius 3 is 2.71 bits per heavy atom. The van der Waals surface area contributed by atoms with Crippen molar-refractivity contribution in [2.45, 2.75) is 63.4 Å². The van der Waals surface area contributed by atoms with E-state index in [-0.39, 0.29) is 23.8 Å². The van der Waals surface area contributed by atoms with Crippen LogP contribution in [-0.2, 0) is 9.47 Å². The lowest BCUT2D eigenvalue weighted by Gasteiger charge is -2.40. The number of nitriles is 1. The van der Waals surface area contributed by atoms with Crippen LogP contribution in [0.4, 0.5) is 20.3 Å². The quantitative estimate of drug-likeness (QED) is 0.589. The highest BCUT2D eigenvalue weighted by Gasteiger charge is 2.39. The minimum Gasteiger partial charge on any atom is -0.377 e. The second kappa shape index (κ2) is 8.73. The van der Waals surface area contributed by atoms with E-state index in [0.29, 0.717) is 49.5 Å². The number of morpholine rings is 1. The van der Waals surface area contributed by atoms with E-state index in [1.165, 1.54) is 0 Å². The van der Waals surface area contributed by atoms with Crippen LogP contribution in [-0.4, -0.2) is 75.6 Å². The van der Waals surface area contributed by atoms with E-state index in [2.05, 4.69) is 31.2 Å². The minimum absolute atomic E-state index is 0.0746. The Kier molecular flexibility index (Phi) is 5.53. The summed E-state index contributed by atoms with van der Waals surface area (Å²) < 4.78 is 37.9. The Hall–Kier alpha value is -3.30. The molecule has 1 N–H and O–H groups in total. The van der Waals surface area contributed by atoms with Gasteiger partial charge in [-0.25, -0.2) is 4.98 Å². The van der Waals surface area contributed by atoms with Crippen LogP contribution in [0.5, 0.6) is 0 Å². The second-order valence-electron chi connectivity index (χ2n) is 9.43. The maximum Gasteiger partial charge on any atom is 0.345 e. The van der Waals surface area contributed by atoms with Crippen LogP contribution in [0.2, 0.25) is 0 Å². The van der Waals surface area contributed by atoms with E-state index in [0.717, 1.165) is 24.3 Å². The number of aromatic nitrogens is 5. The van der Waals surface area contributed by atoms with Crippen molar-refractivity contribution in [1.29, 1.82) is 5.26 Å². The van der Waals surface area contributed by atoms with Gasteiger partial charge in [-0.15, -0.1) is 0 Å². The molecule has 0 saturated carbocycles. The highest BCUT2D eigenvalue weighted by Crippen LogP contribution is 2.40. The molecule has 12 heteroatoms. The highest BCUT2D eigenvalue weighted by atomic mass is 19.3. The van der Waals surface area contributed by atoms with Crippen LogP contribution >= 0.6 is 0 Å². The lowest BCUT2D eigenvalue weighted by Crippen LogP contribution is -2.47. The first-order valence-corrected chi connectivity index (χ1v) is 11.9. The first kappa shape index (κ1) is 22.2. The topological polar surface area (TPSA) is 108 Å². The molecule has 0 aromatic carbocycles. The molecule has 10 nitrogen and oxygen atoms in total. The third-order valence-electron chi connectivity index (χ3n) is 7.36. The highest BCUT2D eigenvalue weighted by molar-refractivity contribution is 5.96.